The van der Waals surface area contributed by atoms with Crippen molar-refractivity contribution in [3.8, 4) is 0 Å². The van der Waals surface area contributed by atoms with E-state index in [0.717, 1.165) is 17.7 Å². The summed E-state index contributed by atoms with van der Waals surface area (Å²) in [6.07, 6.45) is -3.99. The van der Waals surface area contributed by atoms with Gasteiger partial charge in [0.2, 0.25) is 0 Å². The quantitative estimate of drug-likeness (QED) is 0.324. The van der Waals surface area contributed by atoms with Gasteiger partial charge in [0, 0.05) is 18.7 Å². The molecule has 9 heteroatoms. The summed E-state index contributed by atoms with van der Waals surface area (Å²) in [6.45, 7) is 0.528. The number of benzene rings is 4. The number of alkyl halides is 3. The van der Waals surface area contributed by atoms with E-state index in [-0.39, 0.29) is 30.9 Å². The number of carbonyl (C=O) groups is 2. The average Bonchev–Trinajstić information content (AvgIpc) is 3.26. The molecule has 2 aliphatic rings. The first-order valence-corrected chi connectivity index (χ1v) is 13.5. The normalized spacial score (nSPS) is 16.3. The van der Waals surface area contributed by atoms with E-state index in [1.165, 1.54) is 11.0 Å². The highest BCUT2D eigenvalue weighted by atomic mass is 19.4. The summed E-state index contributed by atoms with van der Waals surface area (Å²) < 4.78 is 39.8. The highest BCUT2D eigenvalue weighted by molar-refractivity contribution is 6.10. The highest BCUT2D eigenvalue weighted by Crippen LogP contribution is 2.37. The van der Waals surface area contributed by atoms with Gasteiger partial charge >= 0.3 is 6.18 Å². The number of carbonyl (C=O) groups excluding carboxylic acids is 2. The lowest BCUT2D eigenvalue weighted by Gasteiger charge is -2.30. The van der Waals surface area contributed by atoms with Crippen LogP contribution in [0.1, 0.15) is 43.7 Å². The first-order chi connectivity index (χ1) is 20.2. The van der Waals surface area contributed by atoms with E-state index in [9.17, 15) is 22.8 Å². The van der Waals surface area contributed by atoms with Crippen LogP contribution in [-0.4, -0.2) is 34.1 Å². The van der Waals surface area contributed by atoms with Crippen molar-refractivity contribution >= 4 is 17.8 Å². The topological polar surface area (TPSA) is 76.5 Å². The van der Waals surface area contributed by atoms with Crippen molar-refractivity contribution in [2.75, 3.05) is 6.54 Å². The molecule has 42 heavy (non-hydrogen) atoms. The number of hydrogen-bond acceptors (Lipinski definition) is 3. The van der Waals surface area contributed by atoms with Gasteiger partial charge in [-0.1, -0.05) is 78.9 Å². The molecule has 0 unspecified atom stereocenters. The molecule has 2 heterocycles. The van der Waals surface area contributed by atoms with Gasteiger partial charge in [0.25, 0.3) is 11.8 Å². The number of amides is 2. The van der Waals surface area contributed by atoms with Crippen molar-refractivity contribution in [3.05, 3.63) is 142 Å². The van der Waals surface area contributed by atoms with Crippen molar-refractivity contribution in [1.82, 2.24) is 15.1 Å². The van der Waals surface area contributed by atoms with Crippen LogP contribution in [0.15, 0.2) is 103 Å². The minimum Gasteiger partial charge on any atom is -0.334 e. The van der Waals surface area contributed by atoms with Gasteiger partial charge in [0.05, 0.1) is 12.1 Å². The smallest absolute Gasteiger partial charge is 0.334 e. The van der Waals surface area contributed by atoms with Crippen LogP contribution in [0.3, 0.4) is 0 Å². The Bertz CT molecular complexity index is 1630. The lowest BCUT2D eigenvalue weighted by molar-refractivity contribution is -0.137. The molecule has 0 bridgehead atoms. The molecule has 212 valence electrons. The molecule has 0 saturated carbocycles. The van der Waals surface area contributed by atoms with Crippen molar-refractivity contribution in [1.29, 1.82) is 5.41 Å². The van der Waals surface area contributed by atoms with Crippen LogP contribution in [0.5, 0.6) is 0 Å². The second-order valence-corrected chi connectivity index (χ2v) is 10.5. The molecule has 1 saturated heterocycles. The van der Waals surface area contributed by atoms with Crippen LogP contribution in [-0.2, 0) is 36.0 Å². The maximum atomic E-state index is 14.1. The van der Waals surface area contributed by atoms with Crippen LogP contribution in [0.4, 0.5) is 13.2 Å². The van der Waals surface area contributed by atoms with Gasteiger partial charge in [0.1, 0.15) is 0 Å². The van der Waals surface area contributed by atoms with Crippen molar-refractivity contribution in [2.24, 2.45) is 0 Å². The number of nitrogens with zero attached hydrogens (tertiary/aromatic N) is 2. The SMILES string of the molecule is N=C1NC(c2ccccc2)(c2ccccc2)C(=O)N1Cc1cccc(C(=O)N2CCc3ccc(C(F)(F)F)cc3C2)c1. The summed E-state index contributed by atoms with van der Waals surface area (Å²) in [5, 5.41) is 11.8. The molecule has 0 aliphatic carbocycles. The molecule has 4 aromatic rings. The van der Waals surface area contributed by atoms with E-state index in [2.05, 4.69) is 5.32 Å². The Hall–Kier alpha value is -4.92. The molecule has 2 aliphatic heterocycles. The van der Waals surface area contributed by atoms with Gasteiger partial charge in [-0.2, -0.15) is 13.2 Å². The zero-order valence-corrected chi connectivity index (χ0v) is 22.5. The predicted octanol–water partition coefficient (Wildman–Crippen LogP) is 5.71. The fourth-order valence-corrected chi connectivity index (χ4v) is 5.76. The fraction of sp³-hybridized carbons (Fsp3) is 0.182. The summed E-state index contributed by atoms with van der Waals surface area (Å²) in [6, 6.07) is 29.0. The first-order valence-electron chi connectivity index (χ1n) is 13.5. The molecule has 4 aromatic carbocycles. The van der Waals surface area contributed by atoms with Crippen LogP contribution >= 0.6 is 0 Å². The van der Waals surface area contributed by atoms with Crippen LogP contribution < -0.4 is 5.32 Å². The summed E-state index contributed by atoms with van der Waals surface area (Å²) >= 11 is 0. The monoisotopic (exact) mass is 568 g/mol. The molecular formula is C33H27F3N4O2. The molecule has 6 rings (SSSR count). The standard InChI is InChI=1S/C33H27F3N4O2/c34-33(35,36)28-15-14-23-16-17-39(21-25(23)19-28)29(41)24-9-7-8-22(18-24)20-40-30(42)32(38-31(40)37,26-10-3-1-4-11-26)27-12-5-2-6-13-27/h1-15,18-19H,16-17,20-21H2,(H2,37,38). The Balaban J connectivity index is 1.25. The maximum absolute atomic E-state index is 14.1. The molecule has 2 N–H and O–H groups in total. The third kappa shape index (κ3) is 4.81. The largest absolute Gasteiger partial charge is 0.416 e. The van der Waals surface area contributed by atoms with Crippen molar-refractivity contribution < 1.29 is 22.8 Å². The predicted molar refractivity (Wildman–Crippen MR) is 151 cm³/mol. The van der Waals surface area contributed by atoms with Gasteiger partial charge in [-0.3, -0.25) is 19.9 Å². The van der Waals surface area contributed by atoms with Gasteiger partial charge in [-0.05, 0) is 58.5 Å². The Morgan fingerprint density at radius 3 is 2.17 bits per heavy atom. The molecule has 0 spiro atoms. The average molecular weight is 569 g/mol. The Kier molecular flexibility index (Phi) is 6.80. The molecule has 6 nitrogen and oxygen atoms in total. The van der Waals surface area contributed by atoms with Crippen LogP contribution in [0.2, 0.25) is 0 Å². The minimum atomic E-state index is -4.45. The van der Waals surface area contributed by atoms with Crippen LogP contribution in [0, 0.1) is 5.41 Å². The summed E-state index contributed by atoms with van der Waals surface area (Å²) in [4.78, 5) is 30.4. The van der Waals surface area contributed by atoms with Gasteiger partial charge < -0.3 is 10.2 Å². The van der Waals surface area contributed by atoms with E-state index < -0.39 is 17.3 Å². The van der Waals surface area contributed by atoms with Gasteiger partial charge in [-0.15, -0.1) is 0 Å². The van der Waals surface area contributed by atoms with E-state index in [0.29, 0.717) is 40.8 Å². The Labute approximate surface area is 240 Å². The third-order valence-corrected chi connectivity index (χ3v) is 7.90. The third-order valence-electron chi connectivity index (χ3n) is 7.90. The van der Waals surface area contributed by atoms with E-state index in [1.54, 1.807) is 29.2 Å². The molecule has 0 atom stereocenters. The molecule has 1 fully saturated rings. The lowest BCUT2D eigenvalue weighted by Crippen LogP contribution is -2.45. The minimum absolute atomic E-state index is 0.0578. The van der Waals surface area contributed by atoms with Crippen molar-refractivity contribution in [2.45, 2.75) is 31.2 Å². The molecule has 2 amide bonds. The summed E-state index contributed by atoms with van der Waals surface area (Å²) in [5.41, 5.74) is 1.71. The Morgan fingerprint density at radius 2 is 1.52 bits per heavy atom. The van der Waals surface area contributed by atoms with E-state index in [1.807, 2.05) is 60.7 Å². The number of guanidine groups is 1. The number of rotatable bonds is 5. The number of halogens is 3. The zero-order chi connectivity index (χ0) is 29.5. The van der Waals surface area contributed by atoms with Gasteiger partial charge in [0.15, 0.2) is 11.5 Å². The molecular weight excluding hydrogens is 541 g/mol. The first kappa shape index (κ1) is 27.3. The lowest BCUT2D eigenvalue weighted by atomic mass is 9.82. The summed E-state index contributed by atoms with van der Waals surface area (Å²) in [7, 11) is 0. The van der Waals surface area contributed by atoms with Gasteiger partial charge in [-0.25, -0.2) is 0 Å². The number of nitrogens with one attached hydrogen (secondary N) is 2. The second kappa shape index (κ2) is 10.5. The van der Waals surface area contributed by atoms with E-state index >= 15 is 0 Å². The van der Waals surface area contributed by atoms with E-state index in [4.69, 9.17) is 5.41 Å². The Morgan fingerprint density at radius 1 is 0.857 bits per heavy atom. The van der Waals surface area contributed by atoms with Crippen molar-refractivity contribution in [3.63, 3.8) is 0 Å². The number of hydrogen-bond donors (Lipinski definition) is 2. The zero-order valence-electron chi connectivity index (χ0n) is 22.5. The summed E-state index contributed by atoms with van der Waals surface area (Å²) in [5.74, 6) is -0.670. The second-order valence-electron chi connectivity index (χ2n) is 10.5. The molecule has 0 aromatic heterocycles. The van der Waals surface area contributed by atoms with Crippen LogP contribution in [0.25, 0.3) is 0 Å². The highest BCUT2D eigenvalue weighted by Gasteiger charge is 2.52. The number of fused-ring (bicyclic) bond motifs is 1. The fourth-order valence-electron chi connectivity index (χ4n) is 5.76. The maximum Gasteiger partial charge on any atom is 0.416 e. The molecule has 0 radical (unpaired) electrons.